The van der Waals surface area contributed by atoms with Gasteiger partial charge in [-0.1, -0.05) is 18.2 Å². The van der Waals surface area contributed by atoms with E-state index in [2.05, 4.69) is 11.1 Å². The Hall–Kier alpha value is -2.29. The summed E-state index contributed by atoms with van der Waals surface area (Å²) in [5.74, 6) is 0.688. The second-order valence-electron chi connectivity index (χ2n) is 4.92. The number of nitrogens with zero attached hydrogens (tertiary/aromatic N) is 1. The predicted molar refractivity (Wildman–Crippen MR) is 75.3 cm³/mol. The van der Waals surface area contributed by atoms with Crippen LogP contribution in [0.2, 0.25) is 0 Å². The number of benzene rings is 2. The van der Waals surface area contributed by atoms with Gasteiger partial charge >= 0.3 is 0 Å². The Bertz CT molecular complexity index is 772. The highest BCUT2D eigenvalue weighted by Gasteiger charge is 2.14. The van der Waals surface area contributed by atoms with Crippen LogP contribution in [0, 0.1) is 20.8 Å². The van der Waals surface area contributed by atoms with Crippen molar-refractivity contribution >= 4 is 11.1 Å². The minimum absolute atomic E-state index is 0.225. The number of fused-ring (bicyclic) bond motifs is 1. The fraction of sp³-hybridized carbons (Fsp3) is 0.188. The molecule has 1 heterocycles. The van der Waals surface area contributed by atoms with E-state index < -0.39 is 0 Å². The zero-order chi connectivity index (χ0) is 13.6. The highest BCUT2D eigenvalue weighted by Crippen LogP contribution is 2.34. The summed E-state index contributed by atoms with van der Waals surface area (Å²) in [6.45, 7) is 5.89. The second kappa shape index (κ2) is 4.12. The minimum atomic E-state index is 0.225. The zero-order valence-electron chi connectivity index (χ0n) is 11.2. The molecule has 0 fully saturated rings. The molecule has 3 aromatic rings. The molecule has 2 aromatic carbocycles. The maximum absolute atomic E-state index is 10.1. The first-order chi connectivity index (χ1) is 9.06. The van der Waals surface area contributed by atoms with Crippen LogP contribution in [0.4, 0.5) is 0 Å². The highest BCUT2D eigenvalue weighted by molar-refractivity contribution is 5.81. The van der Waals surface area contributed by atoms with Crippen LogP contribution >= 0.6 is 0 Å². The molecule has 96 valence electrons. The van der Waals surface area contributed by atoms with E-state index >= 15 is 0 Å². The molecular weight excluding hydrogens is 238 g/mol. The Kier molecular flexibility index (Phi) is 2.56. The van der Waals surface area contributed by atoms with Crippen LogP contribution in [0.3, 0.4) is 0 Å². The van der Waals surface area contributed by atoms with Crippen molar-refractivity contribution < 1.29 is 9.52 Å². The van der Waals surface area contributed by atoms with Gasteiger partial charge in [0.15, 0.2) is 5.58 Å². The van der Waals surface area contributed by atoms with Crippen molar-refractivity contribution in [2.24, 2.45) is 0 Å². The third-order valence-electron chi connectivity index (χ3n) is 3.29. The van der Waals surface area contributed by atoms with Crippen LogP contribution in [0.5, 0.6) is 5.75 Å². The van der Waals surface area contributed by atoms with Crippen molar-refractivity contribution in [1.29, 1.82) is 0 Å². The summed E-state index contributed by atoms with van der Waals surface area (Å²) in [6, 6.07) is 9.61. The normalized spacial score (nSPS) is 11.1. The molecule has 3 nitrogen and oxygen atoms in total. The predicted octanol–water partition coefficient (Wildman–Crippen LogP) is 4.13. The molecule has 0 saturated heterocycles. The van der Waals surface area contributed by atoms with Crippen molar-refractivity contribution in [3.63, 3.8) is 0 Å². The lowest BCUT2D eigenvalue weighted by atomic mass is 10.1. The Morgan fingerprint density at radius 2 is 1.84 bits per heavy atom. The third-order valence-corrected chi connectivity index (χ3v) is 3.29. The molecule has 3 rings (SSSR count). The molecule has 19 heavy (non-hydrogen) atoms. The van der Waals surface area contributed by atoms with Crippen molar-refractivity contribution in [1.82, 2.24) is 4.98 Å². The number of oxazole rings is 1. The Morgan fingerprint density at radius 3 is 2.63 bits per heavy atom. The summed E-state index contributed by atoms with van der Waals surface area (Å²) in [5, 5.41) is 10.1. The van der Waals surface area contributed by atoms with E-state index in [1.165, 1.54) is 0 Å². The standard InChI is InChI=1S/C16H15NO2/c1-9-7-11(3)15-13(8-9)17-16(19-15)12-6-4-5-10(2)14(12)18/h4-8,18H,1-3H3. The number of aryl methyl sites for hydroxylation is 3. The number of para-hydroxylation sites is 1. The van der Waals surface area contributed by atoms with Gasteiger partial charge in [-0.2, -0.15) is 0 Å². The van der Waals surface area contributed by atoms with Crippen LogP contribution in [-0.2, 0) is 0 Å². The lowest BCUT2D eigenvalue weighted by molar-refractivity contribution is 0.470. The molecule has 0 amide bonds. The first-order valence-electron chi connectivity index (χ1n) is 6.23. The first kappa shape index (κ1) is 11.8. The maximum Gasteiger partial charge on any atom is 0.231 e. The molecule has 0 atom stereocenters. The quantitative estimate of drug-likeness (QED) is 0.709. The van der Waals surface area contributed by atoms with E-state index in [0.29, 0.717) is 11.5 Å². The molecule has 0 radical (unpaired) electrons. The highest BCUT2D eigenvalue weighted by atomic mass is 16.3. The van der Waals surface area contributed by atoms with E-state index in [4.69, 9.17) is 4.42 Å². The van der Waals surface area contributed by atoms with Gasteiger partial charge in [-0.25, -0.2) is 4.98 Å². The van der Waals surface area contributed by atoms with Crippen molar-refractivity contribution in [2.75, 3.05) is 0 Å². The van der Waals surface area contributed by atoms with Gasteiger partial charge < -0.3 is 9.52 Å². The Morgan fingerprint density at radius 1 is 1.05 bits per heavy atom. The van der Waals surface area contributed by atoms with Crippen LogP contribution in [0.1, 0.15) is 16.7 Å². The van der Waals surface area contributed by atoms with Gasteiger partial charge in [0.05, 0.1) is 5.56 Å². The van der Waals surface area contributed by atoms with E-state index in [9.17, 15) is 5.11 Å². The second-order valence-corrected chi connectivity index (χ2v) is 4.92. The summed E-state index contributed by atoms with van der Waals surface area (Å²) in [5.41, 5.74) is 5.26. The van der Waals surface area contributed by atoms with E-state index in [1.807, 2.05) is 45.0 Å². The third kappa shape index (κ3) is 1.87. The molecule has 0 saturated carbocycles. The van der Waals surface area contributed by atoms with E-state index in [0.717, 1.165) is 27.8 Å². The molecule has 0 spiro atoms. The van der Waals surface area contributed by atoms with E-state index in [-0.39, 0.29) is 5.75 Å². The summed E-state index contributed by atoms with van der Waals surface area (Å²) in [6.07, 6.45) is 0. The van der Waals surface area contributed by atoms with Gasteiger partial charge in [-0.3, -0.25) is 0 Å². The van der Waals surface area contributed by atoms with Crippen LogP contribution in [-0.4, -0.2) is 10.1 Å². The van der Waals surface area contributed by atoms with Crippen LogP contribution < -0.4 is 0 Å². The molecule has 0 aliphatic carbocycles. The lowest BCUT2D eigenvalue weighted by Crippen LogP contribution is -1.81. The first-order valence-corrected chi connectivity index (χ1v) is 6.23. The smallest absolute Gasteiger partial charge is 0.231 e. The topological polar surface area (TPSA) is 46.3 Å². The maximum atomic E-state index is 10.1. The summed E-state index contributed by atoms with van der Waals surface area (Å²) >= 11 is 0. The number of rotatable bonds is 1. The number of hydrogen-bond acceptors (Lipinski definition) is 3. The van der Waals surface area contributed by atoms with Crippen molar-refractivity contribution in [3.8, 4) is 17.2 Å². The summed E-state index contributed by atoms with van der Waals surface area (Å²) in [4.78, 5) is 4.48. The molecular formula is C16H15NO2. The van der Waals surface area contributed by atoms with Gasteiger partial charge in [-0.05, 0) is 49.6 Å². The van der Waals surface area contributed by atoms with Crippen LogP contribution in [0.15, 0.2) is 34.7 Å². The van der Waals surface area contributed by atoms with Gasteiger partial charge in [-0.15, -0.1) is 0 Å². The average Bonchev–Trinajstić information content (AvgIpc) is 2.76. The SMILES string of the molecule is Cc1cc(C)c2oc(-c3cccc(C)c3O)nc2c1. The number of phenolic OH excluding ortho intramolecular Hbond substituents is 1. The van der Waals surface area contributed by atoms with Crippen molar-refractivity contribution in [2.45, 2.75) is 20.8 Å². The number of phenols is 1. The number of aromatic nitrogens is 1. The number of hydrogen-bond donors (Lipinski definition) is 1. The fourth-order valence-corrected chi connectivity index (χ4v) is 2.32. The minimum Gasteiger partial charge on any atom is -0.507 e. The van der Waals surface area contributed by atoms with Crippen LogP contribution in [0.25, 0.3) is 22.6 Å². The average molecular weight is 253 g/mol. The molecule has 3 heteroatoms. The monoisotopic (exact) mass is 253 g/mol. The lowest BCUT2D eigenvalue weighted by Gasteiger charge is -2.02. The van der Waals surface area contributed by atoms with E-state index in [1.54, 1.807) is 0 Å². The molecule has 1 aromatic heterocycles. The largest absolute Gasteiger partial charge is 0.507 e. The fourth-order valence-electron chi connectivity index (χ4n) is 2.32. The summed E-state index contributed by atoms with van der Waals surface area (Å²) in [7, 11) is 0. The molecule has 0 aliphatic rings. The number of aromatic hydroxyl groups is 1. The Balaban J connectivity index is 2.26. The Labute approximate surface area is 111 Å². The van der Waals surface area contributed by atoms with Gasteiger partial charge in [0.2, 0.25) is 5.89 Å². The van der Waals surface area contributed by atoms with Crippen molar-refractivity contribution in [3.05, 3.63) is 47.0 Å². The molecule has 0 unspecified atom stereocenters. The van der Waals surface area contributed by atoms with Gasteiger partial charge in [0, 0.05) is 0 Å². The van der Waals surface area contributed by atoms with Gasteiger partial charge in [0.1, 0.15) is 11.3 Å². The summed E-state index contributed by atoms with van der Waals surface area (Å²) < 4.78 is 5.80. The zero-order valence-corrected chi connectivity index (χ0v) is 11.2. The molecule has 1 N–H and O–H groups in total. The van der Waals surface area contributed by atoms with Gasteiger partial charge in [0.25, 0.3) is 0 Å². The molecule has 0 bridgehead atoms. The molecule has 0 aliphatic heterocycles.